The first kappa shape index (κ1) is 15.5. The number of carbonyl (C=O) groups excluding carboxylic acids is 1. The predicted molar refractivity (Wildman–Crippen MR) is 77.2 cm³/mol. The second-order valence-corrected chi connectivity index (χ2v) is 4.79. The zero-order chi connectivity index (χ0) is 14.3. The lowest BCUT2D eigenvalue weighted by atomic mass is 10.1. The van der Waals surface area contributed by atoms with Gasteiger partial charge in [0.05, 0.1) is 7.11 Å². The van der Waals surface area contributed by atoms with Crippen LogP contribution in [0.1, 0.15) is 25.3 Å². The Morgan fingerprint density at radius 1 is 1.37 bits per heavy atom. The van der Waals surface area contributed by atoms with Crippen LogP contribution in [-0.4, -0.2) is 37.6 Å². The number of nitrogens with zero attached hydrogens (tertiary/aromatic N) is 1. The Morgan fingerprint density at radius 3 is 2.53 bits per heavy atom. The third kappa shape index (κ3) is 4.91. The minimum absolute atomic E-state index is 0.105. The van der Waals surface area contributed by atoms with E-state index in [0.29, 0.717) is 13.0 Å². The Balaban J connectivity index is 2.35. The number of amides is 1. The predicted octanol–water partition coefficient (Wildman–Crippen LogP) is 1.82. The number of ether oxygens (including phenoxy) is 1. The lowest BCUT2D eigenvalue weighted by Gasteiger charge is -2.23. The average Bonchev–Trinajstić information content (AvgIpc) is 2.46. The fraction of sp³-hybridized carbons (Fsp3) is 0.533. The summed E-state index contributed by atoms with van der Waals surface area (Å²) in [5.74, 6) is 1.02. The Bertz CT molecular complexity index is 390. The van der Waals surface area contributed by atoms with Gasteiger partial charge in [-0.05, 0) is 37.5 Å². The van der Waals surface area contributed by atoms with Crippen LogP contribution in [0, 0.1) is 0 Å². The Labute approximate surface area is 115 Å². The summed E-state index contributed by atoms with van der Waals surface area (Å²) in [5, 5.41) is 0. The monoisotopic (exact) mass is 264 g/mol. The van der Waals surface area contributed by atoms with Crippen molar-refractivity contribution in [1.82, 2.24) is 4.90 Å². The van der Waals surface area contributed by atoms with Crippen LogP contribution < -0.4 is 10.5 Å². The molecule has 4 heteroatoms. The summed E-state index contributed by atoms with van der Waals surface area (Å²) in [6.45, 7) is 2.46. The van der Waals surface area contributed by atoms with Crippen molar-refractivity contribution < 1.29 is 9.53 Å². The molecule has 0 spiro atoms. The van der Waals surface area contributed by atoms with E-state index >= 15 is 0 Å². The van der Waals surface area contributed by atoms with Crippen molar-refractivity contribution in [3.8, 4) is 5.75 Å². The highest BCUT2D eigenvalue weighted by Crippen LogP contribution is 2.13. The molecule has 1 aromatic rings. The van der Waals surface area contributed by atoms with Crippen LogP contribution in [0.15, 0.2) is 24.3 Å². The quantitative estimate of drug-likeness (QED) is 0.817. The van der Waals surface area contributed by atoms with E-state index in [1.807, 2.05) is 38.2 Å². The topological polar surface area (TPSA) is 55.6 Å². The number of hydrogen-bond acceptors (Lipinski definition) is 3. The summed E-state index contributed by atoms with van der Waals surface area (Å²) in [5.41, 5.74) is 6.78. The molecule has 0 saturated heterocycles. The molecule has 1 unspecified atom stereocenters. The van der Waals surface area contributed by atoms with Crippen LogP contribution >= 0.6 is 0 Å². The van der Waals surface area contributed by atoms with Gasteiger partial charge in [0.15, 0.2) is 0 Å². The van der Waals surface area contributed by atoms with Gasteiger partial charge in [0, 0.05) is 26.1 Å². The van der Waals surface area contributed by atoms with E-state index in [9.17, 15) is 4.79 Å². The molecule has 1 atom stereocenters. The number of carbonyl (C=O) groups is 1. The first-order chi connectivity index (χ1) is 9.08. The van der Waals surface area contributed by atoms with Gasteiger partial charge in [0.2, 0.25) is 5.91 Å². The molecule has 0 aliphatic rings. The second-order valence-electron chi connectivity index (χ2n) is 4.79. The van der Waals surface area contributed by atoms with Crippen LogP contribution in [0.5, 0.6) is 5.75 Å². The molecule has 4 nitrogen and oxygen atoms in total. The fourth-order valence-corrected chi connectivity index (χ4v) is 1.82. The minimum atomic E-state index is 0.105. The van der Waals surface area contributed by atoms with Crippen molar-refractivity contribution in [2.24, 2.45) is 5.73 Å². The van der Waals surface area contributed by atoms with Gasteiger partial charge in [-0.3, -0.25) is 4.79 Å². The van der Waals surface area contributed by atoms with Crippen LogP contribution in [0.4, 0.5) is 0 Å². The highest BCUT2D eigenvalue weighted by molar-refractivity contribution is 5.76. The van der Waals surface area contributed by atoms with E-state index in [1.54, 1.807) is 12.0 Å². The van der Waals surface area contributed by atoms with Crippen molar-refractivity contribution in [1.29, 1.82) is 0 Å². The first-order valence-corrected chi connectivity index (χ1v) is 6.67. The van der Waals surface area contributed by atoms with Gasteiger partial charge in [0.25, 0.3) is 0 Å². The van der Waals surface area contributed by atoms with Gasteiger partial charge in [-0.25, -0.2) is 0 Å². The highest BCUT2D eigenvalue weighted by atomic mass is 16.5. The maximum absolute atomic E-state index is 11.9. The first-order valence-electron chi connectivity index (χ1n) is 6.67. The summed E-state index contributed by atoms with van der Waals surface area (Å²) < 4.78 is 5.11. The summed E-state index contributed by atoms with van der Waals surface area (Å²) in [4.78, 5) is 13.6. The van der Waals surface area contributed by atoms with Crippen molar-refractivity contribution in [2.75, 3.05) is 20.7 Å². The van der Waals surface area contributed by atoms with Gasteiger partial charge in [-0.2, -0.15) is 0 Å². The molecule has 0 bridgehead atoms. The van der Waals surface area contributed by atoms with Gasteiger partial charge >= 0.3 is 0 Å². The third-order valence-electron chi connectivity index (χ3n) is 3.41. The minimum Gasteiger partial charge on any atom is -0.497 e. The largest absolute Gasteiger partial charge is 0.497 e. The number of aryl methyl sites for hydroxylation is 1. The van der Waals surface area contributed by atoms with Crippen LogP contribution in [0.25, 0.3) is 0 Å². The molecular weight excluding hydrogens is 240 g/mol. The van der Waals surface area contributed by atoms with Gasteiger partial charge in [0.1, 0.15) is 5.75 Å². The Kier molecular flexibility index (Phi) is 6.36. The zero-order valence-electron chi connectivity index (χ0n) is 12.1. The molecular formula is C15H24N2O2. The standard InChI is InChI=1S/C15H24N2O2/c1-12(11-16)17(2)15(18)6-4-5-13-7-9-14(19-3)10-8-13/h7-10,12H,4-6,11,16H2,1-3H3. The van der Waals surface area contributed by atoms with Crippen molar-refractivity contribution in [2.45, 2.75) is 32.2 Å². The third-order valence-corrected chi connectivity index (χ3v) is 3.41. The molecule has 0 aromatic heterocycles. The van der Waals surface area contributed by atoms with Crippen molar-refractivity contribution in [3.05, 3.63) is 29.8 Å². The summed E-state index contributed by atoms with van der Waals surface area (Å²) in [6.07, 6.45) is 2.32. The molecule has 0 aliphatic heterocycles. The molecule has 1 rings (SSSR count). The number of nitrogens with two attached hydrogens (primary N) is 1. The van der Waals surface area contributed by atoms with Crippen LogP contribution in [0.3, 0.4) is 0 Å². The van der Waals surface area contributed by atoms with E-state index in [1.165, 1.54) is 5.56 Å². The molecule has 2 N–H and O–H groups in total. The normalized spacial score (nSPS) is 12.0. The molecule has 106 valence electrons. The van der Waals surface area contributed by atoms with E-state index in [4.69, 9.17) is 10.5 Å². The van der Waals surface area contributed by atoms with Gasteiger partial charge < -0.3 is 15.4 Å². The molecule has 19 heavy (non-hydrogen) atoms. The summed E-state index contributed by atoms with van der Waals surface area (Å²) in [7, 11) is 3.47. The lowest BCUT2D eigenvalue weighted by Crippen LogP contribution is -2.39. The number of methoxy groups -OCH3 is 1. The molecule has 1 aromatic carbocycles. The molecule has 0 radical (unpaired) electrons. The molecule has 0 heterocycles. The number of likely N-dealkylation sites (N-methyl/N-ethyl adjacent to an activating group) is 1. The van der Waals surface area contributed by atoms with Crippen LogP contribution in [-0.2, 0) is 11.2 Å². The summed E-state index contributed by atoms with van der Waals surface area (Å²) in [6, 6.07) is 8.07. The lowest BCUT2D eigenvalue weighted by molar-refractivity contribution is -0.131. The van der Waals surface area contributed by atoms with Crippen LogP contribution in [0.2, 0.25) is 0 Å². The van der Waals surface area contributed by atoms with Gasteiger partial charge in [-0.15, -0.1) is 0 Å². The van der Waals surface area contributed by atoms with E-state index in [2.05, 4.69) is 0 Å². The smallest absolute Gasteiger partial charge is 0.222 e. The SMILES string of the molecule is COc1ccc(CCCC(=O)N(C)C(C)CN)cc1. The summed E-state index contributed by atoms with van der Waals surface area (Å²) >= 11 is 0. The maximum atomic E-state index is 11.9. The maximum Gasteiger partial charge on any atom is 0.222 e. The number of hydrogen-bond donors (Lipinski definition) is 1. The number of benzene rings is 1. The van der Waals surface area contributed by atoms with Crippen molar-refractivity contribution >= 4 is 5.91 Å². The number of rotatable bonds is 7. The fourth-order valence-electron chi connectivity index (χ4n) is 1.82. The molecule has 0 fully saturated rings. The highest BCUT2D eigenvalue weighted by Gasteiger charge is 2.13. The molecule has 1 amide bonds. The zero-order valence-corrected chi connectivity index (χ0v) is 12.1. The van der Waals surface area contributed by atoms with E-state index in [0.717, 1.165) is 18.6 Å². The van der Waals surface area contributed by atoms with E-state index < -0.39 is 0 Å². The Morgan fingerprint density at radius 2 is 2.00 bits per heavy atom. The Hall–Kier alpha value is -1.55. The molecule has 0 aliphatic carbocycles. The average molecular weight is 264 g/mol. The van der Waals surface area contributed by atoms with Gasteiger partial charge in [-0.1, -0.05) is 12.1 Å². The second kappa shape index (κ2) is 7.79. The van der Waals surface area contributed by atoms with E-state index in [-0.39, 0.29) is 11.9 Å². The molecule has 0 saturated carbocycles. The van der Waals surface area contributed by atoms with Crippen molar-refractivity contribution in [3.63, 3.8) is 0 Å².